The van der Waals surface area contributed by atoms with Crippen molar-refractivity contribution in [1.29, 1.82) is 0 Å². The van der Waals surface area contributed by atoms with E-state index in [9.17, 15) is 9.59 Å². The number of rotatable bonds is 2. The van der Waals surface area contributed by atoms with Gasteiger partial charge in [-0.2, -0.15) is 5.10 Å². The fourth-order valence-corrected chi connectivity index (χ4v) is 3.41. The van der Waals surface area contributed by atoms with Gasteiger partial charge in [-0.3, -0.25) is 14.3 Å². The van der Waals surface area contributed by atoms with Gasteiger partial charge in [0.1, 0.15) is 17.0 Å². The van der Waals surface area contributed by atoms with Crippen LogP contribution in [0.3, 0.4) is 0 Å². The van der Waals surface area contributed by atoms with Crippen LogP contribution in [0, 0.1) is 0 Å². The average molecular weight is 369 g/mol. The van der Waals surface area contributed by atoms with E-state index in [-0.39, 0.29) is 11.0 Å². The van der Waals surface area contributed by atoms with Crippen molar-refractivity contribution >= 4 is 21.8 Å². The molecule has 5 rings (SSSR count). The number of pyridine rings is 3. The summed E-state index contributed by atoms with van der Waals surface area (Å²) in [4.78, 5) is 34.8. The van der Waals surface area contributed by atoms with E-state index >= 15 is 0 Å². The van der Waals surface area contributed by atoms with Crippen molar-refractivity contribution in [3.05, 3.63) is 81.6 Å². The van der Waals surface area contributed by atoms with Crippen LogP contribution >= 0.6 is 0 Å². The third-order valence-corrected chi connectivity index (χ3v) is 4.78. The highest BCUT2D eigenvalue weighted by Gasteiger charge is 2.15. The molecule has 0 atom stereocenters. The Morgan fingerprint density at radius 2 is 1.79 bits per heavy atom. The van der Waals surface area contributed by atoms with Crippen LogP contribution in [-0.2, 0) is 7.05 Å². The third-order valence-electron chi connectivity index (χ3n) is 4.78. The van der Waals surface area contributed by atoms with E-state index < -0.39 is 0 Å². The lowest BCUT2D eigenvalue weighted by Crippen LogP contribution is -2.05. The van der Waals surface area contributed by atoms with Crippen LogP contribution in [0.1, 0.15) is 0 Å². The van der Waals surface area contributed by atoms with Crippen molar-refractivity contribution in [3.8, 4) is 22.5 Å². The summed E-state index contributed by atoms with van der Waals surface area (Å²) in [5, 5.41) is 6.41. The standard InChI is InChI=1S/C21H15N5O2/c1-26-9-6-17(25-26)19-15(11-16-18(27)5-8-22-20(16)24-19)12-2-3-14-13(10-12)4-7-23-21(14)28/h2-11H,1H3,(H,23,28)(H,22,24,27). The summed E-state index contributed by atoms with van der Waals surface area (Å²) >= 11 is 0. The number of fused-ring (bicyclic) bond motifs is 2. The highest BCUT2D eigenvalue weighted by atomic mass is 16.1. The number of benzene rings is 1. The second-order valence-electron chi connectivity index (χ2n) is 6.61. The molecule has 5 aromatic rings. The van der Waals surface area contributed by atoms with E-state index in [0.29, 0.717) is 27.8 Å². The monoisotopic (exact) mass is 369 g/mol. The van der Waals surface area contributed by atoms with Crippen LogP contribution in [0.15, 0.2) is 70.6 Å². The number of hydrogen-bond donors (Lipinski definition) is 2. The number of aromatic nitrogens is 5. The molecule has 0 spiro atoms. The summed E-state index contributed by atoms with van der Waals surface area (Å²) in [6, 6.07) is 12.6. The molecule has 0 bridgehead atoms. The Morgan fingerprint density at radius 3 is 2.61 bits per heavy atom. The molecule has 0 fully saturated rings. The molecule has 1 aromatic carbocycles. The molecule has 0 amide bonds. The third kappa shape index (κ3) is 2.52. The first-order valence-electron chi connectivity index (χ1n) is 8.74. The molecule has 0 radical (unpaired) electrons. The zero-order valence-electron chi connectivity index (χ0n) is 14.9. The number of nitrogens with one attached hydrogen (secondary N) is 2. The maximum absolute atomic E-state index is 12.3. The Morgan fingerprint density at radius 1 is 0.929 bits per heavy atom. The minimum Gasteiger partial charge on any atom is -0.346 e. The molecule has 0 saturated heterocycles. The van der Waals surface area contributed by atoms with Crippen LogP contribution in [0.2, 0.25) is 0 Å². The van der Waals surface area contributed by atoms with Crippen molar-refractivity contribution in [3.63, 3.8) is 0 Å². The molecule has 7 heteroatoms. The Labute approximate surface area is 158 Å². The lowest BCUT2D eigenvalue weighted by atomic mass is 9.98. The summed E-state index contributed by atoms with van der Waals surface area (Å²) < 4.78 is 1.71. The Bertz CT molecular complexity index is 1480. The quantitative estimate of drug-likeness (QED) is 0.500. The lowest BCUT2D eigenvalue weighted by Gasteiger charge is -2.10. The van der Waals surface area contributed by atoms with Gasteiger partial charge in [0, 0.05) is 42.7 Å². The molecule has 0 aliphatic heterocycles. The molecule has 0 unspecified atom stereocenters. The predicted octanol–water partition coefficient (Wildman–Crippen LogP) is 2.83. The van der Waals surface area contributed by atoms with E-state index in [1.807, 2.05) is 43.6 Å². The molecule has 4 heterocycles. The van der Waals surface area contributed by atoms with Gasteiger partial charge in [-0.1, -0.05) is 6.07 Å². The van der Waals surface area contributed by atoms with Gasteiger partial charge in [0.2, 0.25) is 0 Å². The molecule has 0 aliphatic carbocycles. The molecule has 28 heavy (non-hydrogen) atoms. The van der Waals surface area contributed by atoms with Gasteiger partial charge in [0.25, 0.3) is 5.56 Å². The number of H-pyrrole nitrogens is 2. The van der Waals surface area contributed by atoms with E-state index in [1.54, 1.807) is 23.1 Å². The van der Waals surface area contributed by atoms with E-state index in [4.69, 9.17) is 4.98 Å². The van der Waals surface area contributed by atoms with Gasteiger partial charge < -0.3 is 9.97 Å². The molecule has 4 aromatic heterocycles. The largest absolute Gasteiger partial charge is 0.346 e. The first-order chi connectivity index (χ1) is 13.6. The SMILES string of the molecule is Cn1ccc(-c2nc3[nH]ccc(=O)c3cc2-c2ccc3c(=O)[nH]ccc3c2)n1. The van der Waals surface area contributed by atoms with Gasteiger partial charge >= 0.3 is 0 Å². The van der Waals surface area contributed by atoms with Crippen LogP contribution < -0.4 is 11.0 Å². The molecular formula is C21H15N5O2. The maximum Gasteiger partial charge on any atom is 0.255 e. The second-order valence-corrected chi connectivity index (χ2v) is 6.61. The van der Waals surface area contributed by atoms with Gasteiger partial charge in [-0.25, -0.2) is 4.98 Å². The Balaban J connectivity index is 1.85. The smallest absolute Gasteiger partial charge is 0.255 e. The van der Waals surface area contributed by atoms with Gasteiger partial charge in [-0.15, -0.1) is 0 Å². The van der Waals surface area contributed by atoms with Crippen molar-refractivity contribution in [2.45, 2.75) is 0 Å². The van der Waals surface area contributed by atoms with Gasteiger partial charge in [-0.05, 0) is 41.3 Å². The van der Waals surface area contributed by atoms with Crippen LogP contribution in [-0.4, -0.2) is 24.7 Å². The van der Waals surface area contributed by atoms with Crippen molar-refractivity contribution in [2.75, 3.05) is 0 Å². The van der Waals surface area contributed by atoms with Crippen LogP contribution in [0.5, 0.6) is 0 Å². The summed E-state index contributed by atoms with van der Waals surface area (Å²) in [5.41, 5.74) is 3.28. The van der Waals surface area contributed by atoms with Crippen LogP contribution in [0.25, 0.3) is 44.3 Å². The zero-order valence-corrected chi connectivity index (χ0v) is 14.9. The molecule has 0 saturated carbocycles. The summed E-state index contributed by atoms with van der Waals surface area (Å²) in [6.07, 6.45) is 5.05. The normalized spacial score (nSPS) is 11.3. The minimum absolute atomic E-state index is 0.104. The first kappa shape index (κ1) is 16.2. The Kier molecular flexibility index (Phi) is 3.48. The maximum atomic E-state index is 12.3. The molecule has 2 N–H and O–H groups in total. The zero-order chi connectivity index (χ0) is 19.3. The predicted molar refractivity (Wildman–Crippen MR) is 108 cm³/mol. The van der Waals surface area contributed by atoms with E-state index in [2.05, 4.69) is 15.1 Å². The summed E-state index contributed by atoms with van der Waals surface area (Å²) in [6.45, 7) is 0. The van der Waals surface area contributed by atoms with Gasteiger partial charge in [0.15, 0.2) is 5.43 Å². The number of nitrogens with zero attached hydrogens (tertiary/aromatic N) is 3. The molecular weight excluding hydrogens is 354 g/mol. The molecule has 7 nitrogen and oxygen atoms in total. The number of hydrogen-bond acceptors (Lipinski definition) is 4. The lowest BCUT2D eigenvalue weighted by molar-refractivity contribution is 0.770. The number of aryl methyl sites for hydroxylation is 1. The van der Waals surface area contributed by atoms with E-state index in [0.717, 1.165) is 16.5 Å². The highest BCUT2D eigenvalue weighted by molar-refractivity contribution is 5.93. The minimum atomic E-state index is -0.137. The number of aromatic amines is 2. The molecule has 136 valence electrons. The first-order valence-corrected chi connectivity index (χ1v) is 8.74. The van der Waals surface area contributed by atoms with Crippen molar-refractivity contribution < 1.29 is 0 Å². The van der Waals surface area contributed by atoms with E-state index in [1.165, 1.54) is 6.07 Å². The van der Waals surface area contributed by atoms with Crippen molar-refractivity contribution in [1.82, 2.24) is 24.7 Å². The fraction of sp³-hybridized carbons (Fsp3) is 0.0476. The van der Waals surface area contributed by atoms with Crippen molar-refractivity contribution in [2.24, 2.45) is 7.05 Å². The van der Waals surface area contributed by atoms with Gasteiger partial charge in [0.05, 0.1) is 5.39 Å². The molecule has 0 aliphatic rings. The summed E-state index contributed by atoms with van der Waals surface area (Å²) in [5.74, 6) is 0. The topological polar surface area (TPSA) is 96.4 Å². The summed E-state index contributed by atoms with van der Waals surface area (Å²) in [7, 11) is 1.84. The average Bonchev–Trinajstić information content (AvgIpc) is 3.13. The fourth-order valence-electron chi connectivity index (χ4n) is 3.41. The highest BCUT2D eigenvalue weighted by Crippen LogP contribution is 2.32. The Hall–Kier alpha value is -4.00. The van der Waals surface area contributed by atoms with Crippen LogP contribution in [0.4, 0.5) is 0 Å². The second kappa shape index (κ2) is 6.02.